The molecule has 0 saturated carbocycles. The van der Waals surface area contributed by atoms with Crippen LogP contribution in [0.5, 0.6) is 0 Å². The zero-order valence-electron chi connectivity index (χ0n) is 12.4. The maximum Gasteiger partial charge on any atom is 0.239 e. The molecule has 2 fully saturated rings. The molecule has 110 valence electrons. The SMILES string of the molecule is CCC(C)N1CCN(C(=O)C2CC(OC)CN2)CC1. The van der Waals surface area contributed by atoms with E-state index in [1.54, 1.807) is 7.11 Å². The average Bonchev–Trinajstić information content (AvgIpc) is 2.94. The van der Waals surface area contributed by atoms with E-state index in [4.69, 9.17) is 4.74 Å². The fraction of sp³-hybridized carbons (Fsp3) is 0.929. The summed E-state index contributed by atoms with van der Waals surface area (Å²) in [6.07, 6.45) is 2.17. The van der Waals surface area contributed by atoms with Crippen molar-refractivity contribution in [2.75, 3.05) is 39.8 Å². The van der Waals surface area contributed by atoms with Gasteiger partial charge in [0.2, 0.25) is 5.91 Å². The largest absolute Gasteiger partial charge is 0.380 e. The van der Waals surface area contributed by atoms with Crippen molar-refractivity contribution in [2.45, 2.75) is 44.9 Å². The van der Waals surface area contributed by atoms with E-state index in [1.807, 2.05) is 4.90 Å². The van der Waals surface area contributed by atoms with Crippen molar-refractivity contribution in [3.63, 3.8) is 0 Å². The Bertz CT molecular complexity index is 303. The number of carbonyl (C=O) groups excluding carboxylic acids is 1. The van der Waals surface area contributed by atoms with Gasteiger partial charge >= 0.3 is 0 Å². The van der Waals surface area contributed by atoms with Crippen LogP contribution in [0, 0.1) is 0 Å². The van der Waals surface area contributed by atoms with E-state index in [9.17, 15) is 4.79 Å². The van der Waals surface area contributed by atoms with Crippen LogP contribution in [-0.2, 0) is 9.53 Å². The first-order chi connectivity index (χ1) is 9.15. The highest BCUT2D eigenvalue weighted by molar-refractivity contribution is 5.82. The van der Waals surface area contributed by atoms with Crippen molar-refractivity contribution < 1.29 is 9.53 Å². The second-order valence-corrected chi connectivity index (χ2v) is 5.67. The summed E-state index contributed by atoms with van der Waals surface area (Å²) in [5.41, 5.74) is 0. The first kappa shape index (κ1) is 14.8. The van der Waals surface area contributed by atoms with E-state index in [0.29, 0.717) is 6.04 Å². The molecule has 3 atom stereocenters. The predicted molar refractivity (Wildman–Crippen MR) is 75.1 cm³/mol. The molecule has 0 spiro atoms. The number of methoxy groups -OCH3 is 1. The second-order valence-electron chi connectivity index (χ2n) is 5.67. The Balaban J connectivity index is 1.80. The van der Waals surface area contributed by atoms with Gasteiger partial charge in [0, 0.05) is 45.9 Å². The molecule has 2 saturated heterocycles. The summed E-state index contributed by atoms with van der Waals surface area (Å²) in [5, 5.41) is 3.27. The first-order valence-corrected chi connectivity index (χ1v) is 7.44. The Morgan fingerprint density at radius 1 is 1.37 bits per heavy atom. The summed E-state index contributed by atoms with van der Waals surface area (Å²) in [6.45, 7) is 8.99. The lowest BCUT2D eigenvalue weighted by Gasteiger charge is -2.38. The van der Waals surface area contributed by atoms with E-state index in [2.05, 4.69) is 24.1 Å². The van der Waals surface area contributed by atoms with Gasteiger partial charge in [0.05, 0.1) is 12.1 Å². The lowest BCUT2D eigenvalue weighted by Crippen LogP contribution is -2.54. The fourth-order valence-electron chi connectivity index (χ4n) is 2.93. The highest BCUT2D eigenvalue weighted by Crippen LogP contribution is 2.15. The van der Waals surface area contributed by atoms with Crippen LogP contribution in [0.1, 0.15) is 26.7 Å². The van der Waals surface area contributed by atoms with Gasteiger partial charge in [0.25, 0.3) is 0 Å². The van der Waals surface area contributed by atoms with Gasteiger partial charge in [0.1, 0.15) is 0 Å². The Morgan fingerprint density at radius 2 is 2.05 bits per heavy atom. The minimum absolute atomic E-state index is 0.0416. The van der Waals surface area contributed by atoms with Crippen LogP contribution < -0.4 is 5.32 Å². The van der Waals surface area contributed by atoms with Crippen molar-refractivity contribution in [3.05, 3.63) is 0 Å². The summed E-state index contributed by atoms with van der Waals surface area (Å²) in [4.78, 5) is 16.9. The number of rotatable bonds is 4. The van der Waals surface area contributed by atoms with Gasteiger partial charge in [-0.1, -0.05) is 6.92 Å². The van der Waals surface area contributed by atoms with Crippen LogP contribution in [0.2, 0.25) is 0 Å². The van der Waals surface area contributed by atoms with Gasteiger partial charge in [-0.05, 0) is 19.8 Å². The summed E-state index contributed by atoms with van der Waals surface area (Å²) in [6, 6.07) is 0.583. The number of amides is 1. The molecule has 0 bridgehead atoms. The number of carbonyl (C=O) groups is 1. The first-order valence-electron chi connectivity index (χ1n) is 7.44. The molecule has 2 aliphatic heterocycles. The second kappa shape index (κ2) is 6.68. The molecule has 0 aromatic rings. The topological polar surface area (TPSA) is 44.8 Å². The van der Waals surface area contributed by atoms with Crippen molar-refractivity contribution in [1.29, 1.82) is 0 Å². The Labute approximate surface area is 116 Å². The Kier molecular flexibility index (Phi) is 5.19. The maximum absolute atomic E-state index is 12.4. The highest BCUT2D eigenvalue weighted by Gasteiger charge is 2.33. The Morgan fingerprint density at radius 3 is 2.58 bits per heavy atom. The van der Waals surface area contributed by atoms with Gasteiger partial charge < -0.3 is 15.0 Å². The molecule has 2 aliphatic rings. The van der Waals surface area contributed by atoms with Crippen molar-refractivity contribution >= 4 is 5.91 Å². The van der Waals surface area contributed by atoms with Crippen LogP contribution in [0.25, 0.3) is 0 Å². The van der Waals surface area contributed by atoms with Crippen LogP contribution >= 0.6 is 0 Å². The minimum Gasteiger partial charge on any atom is -0.380 e. The summed E-state index contributed by atoms with van der Waals surface area (Å²) in [5.74, 6) is 0.253. The minimum atomic E-state index is -0.0416. The molecule has 0 aromatic carbocycles. The van der Waals surface area contributed by atoms with Gasteiger partial charge in [-0.25, -0.2) is 0 Å². The lowest BCUT2D eigenvalue weighted by molar-refractivity contribution is -0.135. The standard InChI is InChI=1S/C14H27N3O2/c1-4-11(2)16-5-7-17(8-6-16)14(18)13-9-12(19-3)10-15-13/h11-13,15H,4-10H2,1-3H3. The molecule has 0 aliphatic carbocycles. The van der Waals surface area contributed by atoms with Gasteiger partial charge in [-0.3, -0.25) is 9.69 Å². The number of hydrogen-bond donors (Lipinski definition) is 1. The maximum atomic E-state index is 12.4. The molecule has 5 nitrogen and oxygen atoms in total. The van der Waals surface area contributed by atoms with Gasteiger partial charge in [-0.15, -0.1) is 0 Å². The smallest absolute Gasteiger partial charge is 0.239 e. The summed E-state index contributed by atoms with van der Waals surface area (Å²) < 4.78 is 5.30. The monoisotopic (exact) mass is 269 g/mol. The van der Waals surface area contributed by atoms with E-state index in [0.717, 1.165) is 39.1 Å². The normalized spacial score (nSPS) is 30.6. The number of nitrogens with zero attached hydrogens (tertiary/aromatic N) is 2. The third kappa shape index (κ3) is 3.46. The van der Waals surface area contributed by atoms with Gasteiger partial charge in [0.15, 0.2) is 0 Å². The molecule has 2 rings (SSSR count). The van der Waals surface area contributed by atoms with Crippen molar-refractivity contribution in [3.8, 4) is 0 Å². The molecule has 1 N–H and O–H groups in total. The predicted octanol–water partition coefficient (Wildman–Crippen LogP) is 0.306. The van der Waals surface area contributed by atoms with Crippen molar-refractivity contribution in [1.82, 2.24) is 15.1 Å². The molecule has 19 heavy (non-hydrogen) atoms. The number of piperazine rings is 1. The number of nitrogens with one attached hydrogen (secondary N) is 1. The third-order valence-corrected chi connectivity index (χ3v) is 4.56. The van der Waals surface area contributed by atoms with Crippen LogP contribution in [0.4, 0.5) is 0 Å². The summed E-state index contributed by atoms with van der Waals surface area (Å²) in [7, 11) is 1.71. The molecule has 0 aromatic heterocycles. The molecule has 3 unspecified atom stereocenters. The van der Waals surface area contributed by atoms with Gasteiger partial charge in [-0.2, -0.15) is 0 Å². The molecule has 1 amide bonds. The van der Waals surface area contributed by atoms with E-state index < -0.39 is 0 Å². The van der Waals surface area contributed by atoms with Crippen LogP contribution in [-0.4, -0.2) is 73.7 Å². The zero-order valence-corrected chi connectivity index (χ0v) is 12.4. The summed E-state index contributed by atoms with van der Waals surface area (Å²) >= 11 is 0. The quantitative estimate of drug-likeness (QED) is 0.797. The third-order valence-electron chi connectivity index (χ3n) is 4.56. The Hall–Kier alpha value is -0.650. The average molecular weight is 269 g/mol. The number of hydrogen-bond acceptors (Lipinski definition) is 4. The van der Waals surface area contributed by atoms with E-state index in [-0.39, 0.29) is 18.1 Å². The molecular weight excluding hydrogens is 242 g/mol. The highest BCUT2D eigenvalue weighted by atomic mass is 16.5. The molecular formula is C14H27N3O2. The lowest BCUT2D eigenvalue weighted by atomic mass is 10.1. The van der Waals surface area contributed by atoms with Crippen LogP contribution in [0.3, 0.4) is 0 Å². The van der Waals surface area contributed by atoms with Crippen LogP contribution in [0.15, 0.2) is 0 Å². The zero-order chi connectivity index (χ0) is 13.8. The molecule has 0 radical (unpaired) electrons. The number of ether oxygens (including phenoxy) is 1. The van der Waals surface area contributed by atoms with E-state index in [1.165, 1.54) is 6.42 Å². The van der Waals surface area contributed by atoms with Crippen molar-refractivity contribution in [2.24, 2.45) is 0 Å². The van der Waals surface area contributed by atoms with E-state index >= 15 is 0 Å². The molecule has 2 heterocycles. The molecule has 5 heteroatoms. The fourth-order valence-corrected chi connectivity index (χ4v) is 2.93.